The van der Waals surface area contributed by atoms with Crippen molar-refractivity contribution in [3.05, 3.63) is 0 Å². The number of nitrogens with zero attached hydrogens (tertiary/aromatic N) is 1. The minimum Gasteiger partial charge on any atom is -0.427 e. The first-order valence-corrected chi connectivity index (χ1v) is 10.8. The van der Waals surface area contributed by atoms with E-state index in [1.54, 1.807) is 27.7 Å². The largest absolute Gasteiger partial charge is 0.427 e. The van der Waals surface area contributed by atoms with Gasteiger partial charge in [0.2, 0.25) is 12.7 Å². The highest BCUT2D eigenvalue weighted by molar-refractivity contribution is 8.17. The highest BCUT2D eigenvalue weighted by Crippen LogP contribution is 2.52. The first-order valence-electron chi connectivity index (χ1n) is 8.76. The number of amides is 1. The van der Waals surface area contributed by atoms with Crippen molar-refractivity contribution >= 4 is 41.4 Å². The Balaban J connectivity index is 2.00. The van der Waals surface area contributed by atoms with E-state index in [0.717, 1.165) is 0 Å². The molecule has 0 radical (unpaired) electrons. The smallest absolute Gasteiger partial charge is 0.333 e. The molecule has 2 aliphatic heterocycles. The van der Waals surface area contributed by atoms with Crippen molar-refractivity contribution < 1.29 is 33.4 Å². The standard InChI is InChI=1S/C17H26FNO6S2/c1-9(20)10-12(21)19-11(15(27-13(10)19)26-7-5-6-18)14(22)24-8-25-16(23)17(2,3)4/h9-11,13,15,20H,5-8H2,1-4H3/t9?,10-,11?,13+,15?/m0/s1. The van der Waals surface area contributed by atoms with Crippen LogP contribution in [-0.2, 0) is 23.9 Å². The van der Waals surface area contributed by atoms with Gasteiger partial charge >= 0.3 is 11.9 Å². The molecule has 1 N–H and O–H groups in total. The number of aliphatic hydroxyl groups is 1. The van der Waals surface area contributed by atoms with Gasteiger partial charge in [-0.3, -0.25) is 14.0 Å². The van der Waals surface area contributed by atoms with Crippen LogP contribution in [0.25, 0.3) is 0 Å². The Hall–Kier alpha value is -1.00. The number of carbonyl (C=O) groups is 3. The fourth-order valence-corrected chi connectivity index (χ4v) is 6.22. The van der Waals surface area contributed by atoms with Crippen LogP contribution in [-0.4, -0.2) is 69.2 Å². The van der Waals surface area contributed by atoms with Gasteiger partial charge in [0.1, 0.15) is 0 Å². The Morgan fingerprint density at radius 3 is 2.59 bits per heavy atom. The van der Waals surface area contributed by atoms with Crippen molar-refractivity contribution in [2.75, 3.05) is 19.2 Å². The van der Waals surface area contributed by atoms with E-state index < -0.39 is 48.9 Å². The Bertz CT molecular complexity index is 582. The molecule has 2 fully saturated rings. The van der Waals surface area contributed by atoms with Crippen molar-refractivity contribution in [3.63, 3.8) is 0 Å². The number of β-lactam (4-membered cyclic amide) rings is 1. The summed E-state index contributed by atoms with van der Waals surface area (Å²) in [5.74, 6) is -1.52. The third-order valence-corrected chi connectivity index (χ3v) is 7.45. The SMILES string of the molecule is CC(O)[C@H]1C(=O)N2C(C(=O)OCOC(=O)C(C)(C)C)C(SCCCF)S[C@H]12. The number of alkyl halides is 1. The van der Waals surface area contributed by atoms with Crippen molar-refractivity contribution in [2.24, 2.45) is 11.3 Å². The Morgan fingerprint density at radius 2 is 2.04 bits per heavy atom. The molecule has 2 heterocycles. The van der Waals surface area contributed by atoms with E-state index in [1.807, 2.05) is 0 Å². The van der Waals surface area contributed by atoms with Gasteiger partial charge in [0.25, 0.3) is 0 Å². The minimum atomic E-state index is -0.847. The molecule has 1 amide bonds. The molecule has 7 nitrogen and oxygen atoms in total. The molecule has 0 spiro atoms. The molecular weight excluding hydrogens is 397 g/mol. The van der Waals surface area contributed by atoms with E-state index in [-0.39, 0.29) is 15.9 Å². The van der Waals surface area contributed by atoms with Crippen LogP contribution in [0.1, 0.15) is 34.1 Å². The summed E-state index contributed by atoms with van der Waals surface area (Å²) in [6, 6.07) is -0.847. The maximum absolute atomic E-state index is 12.6. The summed E-state index contributed by atoms with van der Waals surface area (Å²) in [5, 5.41) is 9.49. The number of fused-ring (bicyclic) bond motifs is 1. The lowest BCUT2D eigenvalue weighted by Gasteiger charge is -2.44. The molecule has 5 atom stereocenters. The number of esters is 2. The van der Waals surface area contributed by atoms with Crippen molar-refractivity contribution in [3.8, 4) is 0 Å². The van der Waals surface area contributed by atoms with E-state index >= 15 is 0 Å². The average Bonchev–Trinajstić information content (AvgIpc) is 2.88. The predicted molar refractivity (Wildman–Crippen MR) is 101 cm³/mol. The summed E-state index contributed by atoms with van der Waals surface area (Å²) in [7, 11) is 0. The molecule has 2 rings (SSSR count). The van der Waals surface area contributed by atoms with E-state index in [1.165, 1.54) is 28.4 Å². The minimum absolute atomic E-state index is 0.301. The molecule has 0 aromatic heterocycles. The zero-order valence-electron chi connectivity index (χ0n) is 15.8. The average molecular weight is 424 g/mol. The van der Waals surface area contributed by atoms with Crippen LogP contribution in [0.3, 0.4) is 0 Å². The maximum Gasteiger partial charge on any atom is 0.333 e. The third kappa shape index (κ3) is 4.89. The van der Waals surface area contributed by atoms with Crippen molar-refractivity contribution in [1.29, 1.82) is 0 Å². The van der Waals surface area contributed by atoms with Crippen LogP contribution in [0.15, 0.2) is 0 Å². The summed E-state index contributed by atoms with van der Waals surface area (Å²) in [5.41, 5.74) is -0.719. The Kier molecular flexibility index (Phi) is 7.43. The lowest BCUT2D eigenvalue weighted by molar-refractivity contribution is -0.181. The van der Waals surface area contributed by atoms with Gasteiger partial charge in [-0.05, 0) is 39.9 Å². The maximum atomic E-state index is 12.6. The first kappa shape index (κ1) is 22.3. The number of halogens is 1. The van der Waals surface area contributed by atoms with Crippen LogP contribution in [0.5, 0.6) is 0 Å². The lowest BCUT2D eigenvalue weighted by Crippen LogP contribution is -2.64. The third-order valence-electron chi connectivity index (χ3n) is 4.28. The van der Waals surface area contributed by atoms with Gasteiger partial charge in [-0.2, -0.15) is 0 Å². The van der Waals surface area contributed by atoms with Crippen molar-refractivity contribution in [2.45, 2.75) is 56.2 Å². The van der Waals surface area contributed by atoms with Crippen LogP contribution in [0, 0.1) is 11.3 Å². The van der Waals surface area contributed by atoms with Gasteiger partial charge in [-0.15, -0.1) is 23.5 Å². The van der Waals surface area contributed by atoms with Gasteiger partial charge in [0, 0.05) is 0 Å². The van der Waals surface area contributed by atoms with Gasteiger partial charge in [-0.1, -0.05) is 0 Å². The summed E-state index contributed by atoms with van der Waals surface area (Å²) in [6.07, 6.45) is -0.462. The van der Waals surface area contributed by atoms with Crippen LogP contribution in [0.2, 0.25) is 0 Å². The topological polar surface area (TPSA) is 93.1 Å². The molecule has 0 aliphatic carbocycles. The number of ether oxygens (including phenoxy) is 2. The molecule has 27 heavy (non-hydrogen) atoms. The van der Waals surface area contributed by atoms with Gasteiger partial charge in [0.15, 0.2) is 6.04 Å². The second kappa shape index (κ2) is 9.00. The summed E-state index contributed by atoms with van der Waals surface area (Å²) in [4.78, 5) is 38.1. The predicted octanol–water partition coefficient (Wildman–Crippen LogP) is 1.78. The van der Waals surface area contributed by atoms with Gasteiger partial charge in [0.05, 0.1) is 34.1 Å². The number of hydrogen-bond acceptors (Lipinski definition) is 8. The lowest BCUT2D eigenvalue weighted by atomic mass is 9.91. The quantitative estimate of drug-likeness (QED) is 0.273. The molecule has 2 saturated heterocycles. The van der Waals surface area contributed by atoms with Crippen LogP contribution < -0.4 is 0 Å². The fourth-order valence-electron chi connectivity index (χ4n) is 2.80. The van der Waals surface area contributed by atoms with Crippen LogP contribution in [0.4, 0.5) is 4.39 Å². The van der Waals surface area contributed by atoms with Crippen molar-refractivity contribution in [1.82, 2.24) is 4.90 Å². The molecule has 0 bridgehead atoms. The number of rotatable bonds is 8. The second-order valence-electron chi connectivity index (χ2n) is 7.53. The molecule has 0 saturated carbocycles. The Morgan fingerprint density at radius 1 is 1.37 bits per heavy atom. The highest BCUT2D eigenvalue weighted by Gasteiger charge is 2.62. The zero-order valence-corrected chi connectivity index (χ0v) is 17.5. The van der Waals surface area contributed by atoms with Gasteiger partial charge < -0.3 is 19.5 Å². The molecule has 10 heteroatoms. The molecule has 2 aliphatic rings. The second-order valence-corrected chi connectivity index (χ2v) is 10.3. The number of aliphatic hydroxyl groups excluding tert-OH is 1. The van der Waals surface area contributed by atoms with E-state index in [9.17, 15) is 23.9 Å². The first-order chi connectivity index (χ1) is 12.6. The van der Waals surface area contributed by atoms with E-state index in [0.29, 0.717) is 12.2 Å². The molecule has 3 unspecified atom stereocenters. The fraction of sp³-hybridized carbons (Fsp3) is 0.824. The Labute approximate surface area is 166 Å². The molecule has 154 valence electrons. The van der Waals surface area contributed by atoms with Crippen LogP contribution >= 0.6 is 23.5 Å². The zero-order chi connectivity index (χ0) is 20.4. The summed E-state index contributed by atoms with van der Waals surface area (Å²) in [6.45, 7) is 5.62. The highest BCUT2D eigenvalue weighted by atomic mass is 32.2. The van der Waals surface area contributed by atoms with Gasteiger partial charge in [-0.25, -0.2) is 4.79 Å². The van der Waals surface area contributed by atoms with E-state index in [2.05, 4.69) is 0 Å². The molecular formula is C17H26FNO6S2. The number of hydrogen-bond donors (Lipinski definition) is 1. The monoisotopic (exact) mass is 423 g/mol. The number of thioether (sulfide) groups is 2. The molecule has 0 aromatic rings. The summed E-state index contributed by atoms with van der Waals surface area (Å²) < 4.78 is 22.1. The van der Waals surface area contributed by atoms with E-state index in [4.69, 9.17) is 9.47 Å². The molecule has 0 aromatic carbocycles. The summed E-state index contributed by atoms with van der Waals surface area (Å²) >= 11 is 2.80. The normalized spacial score (nSPS) is 28.4. The number of carbonyl (C=O) groups excluding carboxylic acids is 3.